The van der Waals surface area contributed by atoms with E-state index in [4.69, 9.17) is 18.9 Å². The summed E-state index contributed by atoms with van der Waals surface area (Å²) in [6.07, 6.45) is -7.48. The predicted molar refractivity (Wildman–Crippen MR) is 165 cm³/mol. The van der Waals surface area contributed by atoms with Gasteiger partial charge >= 0.3 is 17.8 Å². The van der Waals surface area contributed by atoms with Crippen LogP contribution in [0.3, 0.4) is 0 Å². The molecule has 6 rings (SSSR count). The van der Waals surface area contributed by atoms with E-state index in [1.807, 2.05) is 18.2 Å². The van der Waals surface area contributed by atoms with E-state index in [0.29, 0.717) is 33.1 Å². The minimum atomic E-state index is -5.29. The lowest BCUT2D eigenvalue weighted by atomic mass is 9.79. The number of methoxy groups -OCH3 is 2. The van der Waals surface area contributed by atoms with Crippen molar-refractivity contribution < 1.29 is 42.0 Å². The van der Waals surface area contributed by atoms with Crippen LogP contribution in [0.2, 0.25) is 0 Å². The van der Waals surface area contributed by atoms with Gasteiger partial charge in [-0.25, -0.2) is 4.79 Å². The van der Waals surface area contributed by atoms with Crippen molar-refractivity contribution >= 4 is 5.91 Å². The number of hydrogen-bond donors (Lipinski definition) is 2. The van der Waals surface area contributed by atoms with Gasteiger partial charge < -0.3 is 29.0 Å². The Bertz CT molecular complexity index is 1860. The maximum atomic E-state index is 13.9. The number of aliphatic hydroxyl groups excluding tert-OH is 1. The lowest BCUT2D eigenvalue weighted by molar-refractivity contribution is -0.207. The molecular weight excluding hydrogens is 635 g/mol. The average molecular weight is 668 g/mol. The number of ether oxygens (including phenoxy) is 4. The Morgan fingerprint density at radius 2 is 1.48 bits per heavy atom. The van der Waals surface area contributed by atoms with Crippen LogP contribution < -0.4 is 20.7 Å². The third kappa shape index (κ3) is 5.45. The van der Waals surface area contributed by atoms with E-state index in [9.17, 15) is 32.7 Å². The number of carbonyl (C=O) groups is 1. The number of alkyl halides is 3. The van der Waals surface area contributed by atoms with Gasteiger partial charge in [0.05, 0.1) is 27.4 Å². The summed E-state index contributed by atoms with van der Waals surface area (Å²) >= 11 is 0. The first-order valence-electron chi connectivity index (χ1n) is 14.9. The molecular formula is C34H32F3N3O8. The average Bonchev–Trinajstić information content (AvgIpc) is 3.53. The highest BCUT2D eigenvalue weighted by molar-refractivity contribution is 5.83. The van der Waals surface area contributed by atoms with Crippen LogP contribution in [-0.4, -0.2) is 76.8 Å². The molecule has 252 valence electrons. The standard InChI is InChI=1S/C34H32F3N3O8/c1-20-17-39(31(44)38-28(20)42)29-26-27(41)32(48-29,18-40(26)30(43)34(35,36)37)19-47-33(21-7-5-4-6-8-21,22-9-13-24(45-2)14-10-22)23-11-15-25(46-3)16-12-23/h4-17,26-27,29,41H,18-19H2,1-3H3,(H,38,42,44)/t26-,27+,29+,32-/m0/s1. The van der Waals surface area contributed by atoms with Crippen molar-refractivity contribution in [3.05, 3.63) is 128 Å². The van der Waals surface area contributed by atoms with E-state index in [2.05, 4.69) is 4.98 Å². The largest absolute Gasteiger partial charge is 0.497 e. The van der Waals surface area contributed by atoms with Crippen molar-refractivity contribution in [3.8, 4) is 11.5 Å². The number of aryl methyl sites for hydroxylation is 1. The maximum Gasteiger partial charge on any atom is 0.471 e. The molecule has 0 radical (unpaired) electrons. The number of H-pyrrole nitrogens is 1. The van der Waals surface area contributed by atoms with Gasteiger partial charge in [-0.3, -0.25) is 19.1 Å². The van der Waals surface area contributed by atoms with Crippen molar-refractivity contribution in [2.75, 3.05) is 27.4 Å². The molecule has 48 heavy (non-hydrogen) atoms. The molecule has 0 unspecified atom stereocenters. The summed E-state index contributed by atoms with van der Waals surface area (Å²) in [7, 11) is 3.04. The fourth-order valence-electron chi connectivity index (χ4n) is 6.53. The number of morpholine rings is 1. The molecule has 0 spiro atoms. The highest BCUT2D eigenvalue weighted by Gasteiger charge is 2.68. The van der Waals surface area contributed by atoms with Gasteiger partial charge in [0.2, 0.25) is 0 Å². The third-order valence-electron chi connectivity index (χ3n) is 8.94. The summed E-state index contributed by atoms with van der Waals surface area (Å²) in [4.78, 5) is 40.3. The summed E-state index contributed by atoms with van der Waals surface area (Å²) in [5.41, 5.74) is -3.16. The smallest absolute Gasteiger partial charge is 0.471 e. The molecule has 1 aromatic heterocycles. The quantitative estimate of drug-likeness (QED) is 0.260. The molecule has 0 saturated carbocycles. The van der Waals surface area contributed by atoms with Gasteiger partial charge in [-0.15, -0.1) is 0 Å². The molecule has 4 aromatic rings. The fraction of sp³-hybridized carbons (Fsp3) is 0.324. The van der Waals surface area contributed by atoms with Crippen molar-refractivity contribution in [1.82, 2.24) is 14.5 Å². The second-order valence-corrected chi connectivity index (χ2v) is 11.7. The number of benzene rings is 3. The first-order chi connectivity index (χ1) is 22.8. The number of halogens is 3. The zero-order valence-electron chi connectivity index (χ0n) is 26.1. The Morgan fingerprint density at radius 1 is 0.938 bits per heavy atom. The number of rotatable bonds is 9. The summed E-state index contributed by atoms with van der Waals surface area (Å²) in [5.74, 6) is -1.09. The Hall–Kier alpha value is -4.92. The van der Waals surface area contributed by atoms with Gasteiger partial charge in [-0.1, -0.05) is 54.6 Å². The maximum absolute atomic E-state index is 13.9. The van der Waals surface area contributed by atoms with Crippen LogP contribution in [0.25, 0.3) is 0 Å². The molecule has 2 saturated heterocycles. The highest BCUT2D eigenvalue weighted by Crippen LogP contribution is 2.50. The minimum Gasteiger partial charge on any atom is -0.497 e. The summed E-state index contributed by atoms with van der Waals surface area (Å²) < 4.78 is 66.4. The molecule has 3 aromatic carbocycles. The van der Waals surface area contributed by atoms with Crippen LogP contribution in [0.4, 0.5) is 13.2 Å². The number of likely N-dealkylation sites (tertiary alicyclic amines) is 1. The molecule has 11 nitrogen and oxygen atoms in total. The normalized spacial score (nSPS) is 22.1. The van der Waals surface area contributed by atoms with Crippen LogP contribution in [-0.2, 0) is 19.9 Å². The van der Waals surface area contributed by atoms with Gasteiger partial charge in [-0.05, 0) is 47.9 Å². The van der Waals surface area contributed by atoms with Crippen molar-refractivity contribution in [2.24, 2.45) is 0 Å². The van der Waals surface area contributed by atoms with Gasteiger partial charge in [0.15, 0.2) is 6.23 Å². The number of aromatic amines is 1. The second kappa shape index (κ2) is 12.3. The van der Waals surface area contributed by atoms with Crippen molar-refractivity contribution in [3.63, 3.8) is 0 Å². The minimum absolute atomic E-state index is 0.0663. The third-order valence-corrected chi connectivity index (χ3v) is 8.94. The van der Waals surface area contributed by atoms with E-state index in [-0.39, 0.29) is 5.56 Å². The number of aliphatic hydroxyl groups is 1. The van der Waals surface area contributed by atoms with Gasteiger partial charge in [-0.2, -0.15) is 13.2 Å². The molecule has 4 atom stereocenters. The van der Waals surface area contributed by atoms with E-state index in [0.717, 1.165) is 10.8 Å². The van der Waals surface area contributed by atoms with E-state index in [1.54, 1.807) is 60.7 Å². The number of carbonyl (C=O) groups excluding carboxylic acids is 1. The summed E-state index contributed by atoms with van der Waals surface area (Å²) in [6.45, 7) is 0.168. The highest BCUT2D eigenvalue weighted by atomic mass is 19.4. The Kier molecular flexibility index (Phi) is 8.43. The molecule has 14 heteroatoms. The van der Waals surface area contributed by atoms with Crippen molar-refractivity contribution in [1.29, 1.82) is 0 Å². The Morgan fingerprint density at radius 3 is 2.00 bits per heavy atom. The number of hydrogen-bond acceptors (Lipinski definition) is 8. The molecule has 2 N–H and O–H groups in total. The molecule has 1 amide bonds. The molecule has 0 aliphatic carbocycles. The van der Waals surface area contributed by atoms with Crippen molar-refractivity contribution in [2.45, 2.75) is 42.7 Å². The van der Waals surface area contributed by atoms with Crippen LogP contribution in [0, 0.1) is 6.92 Å². The van der Waals surface area contributed by atoms with Gasteiger partial charge in [0, 0.05) is 11.8 Å². The number of amides is 1. The molecule has 2 fully saturated rings. The van der Waals surface area contributed by atoms with E-state index < -0.39 is 66.1 Å². The first-order valence-corrected chi connectivity index (χ1v) is 14.9. The molecule has 3 heterocycles. The zero-order chi connectivity index (χ0) is 34.4. The number of fused-ring (bicyclic) bond motifs is 2. The second-order valence-electron chi connectivity index (χ2n) is 11.7. The SMILES string of the molecule is COc1ccc(C(OC[C@]23CN(C(=O)C(F)(F)F)[C@H]([C@H](n4cc(C)c(=O)[nH]c4=O)O2)[C@H]3O)(c2ccccc2)c2ccc(OC)cc2)cc1. The summed E-state index contributed by atoms with van der Waals surface area (Å²) in [5, 5.41) is 11.7. The molecule has 2 aliphatic heterocycles. The van der Waals surface area contributed by atoms with Crippen LogP contribution in [0.1, 0.15) is 28.5 Å². The lowest BCUT2D eigenvalue weighted by Gasteiger charge is -2.41. The first kappa shape index (κ1) is 33.0. The summed E-state index contributed by atoms with van der Waals surface area (Å²) in [6, 6.07) is 21.5. The van der Waals surface area contributed by atoms with E-state index in [1.165, 1.54) is 21.1 Å². The zero-order valence-corrected chi connectivity index (χ0v) is 26.1. The topological polar surface area (TPSA) is 132 Å². The number of nitrogens with zero attached hydrogens (tertiary/aromatic N) is 2. The monoisotopic (exact) mass is 667 g/mol. The Balaban J connectivity index is 1.50. The number of nitrogens with one attached hydrogen (secondary N) is 1. The van der Waals surface area contributed by atoms with Crippen LogP contribution in [0.15, 0.2) is 94.6 Å². The molecule has 2 aliphatic rings. The van der Waals surface area contributed by atoms with Gasteiger partial charge in [0.25, 0.3) is 5.56 Å². The predicted octanol–water partition coefficient (Wildman–Crippen LogP) is 3.27. The Labute approximate surface area is 272 Å². The number of aromatic nitrogens is 2. The lowest BCUT2D eigenvalue weighted by Crippen LogP contribution is -2.55. The fourth-order valence-corrected chi connectivity index (χ4v) is 6.53. The van der Waals surface area contributed by atoms with Crippen LogP contribution in [0.5, 0.6) is 11.5 Å². The van der Waals surface area contributed by atoms with E-state index >= 15 is 0 Å². The molecule has 2 bridgehead atoms. The van der Waals surface area contributed by atoms with Crippen LogP contribution >= 0.6 is 0 Å². The van der Waals surface area contributed by atoms with Gasteiger partial charge in [0.1, 0.15) is 34.8 Å².